The van der Waals surface area contributed by atoms with Crippen LogP contribution in [-0.4, -0.2) is 51.3 Å². The first kappa shape index (κ1) is 35.9. The normalized spacial score (nSPS) is 16.3. The van der Waals surface area contributed by atoms with Gasteiger partial charge in [-0.2, -0.15) is 13.2 Å². The molecule has 1 heterocycles. The van der Waals surface area contributed by atoms with Gasteiger partial charge in [0.05, 0.1) is 20.3 Å². The first-order valence-electron chi connectivity index (χ1n) is 15.4. The summed E-state index contributed by atoms with van der Waals surface area (Å²) in [5.74, 6) is -0.890. The maximum absolute atomic E-state index is 14.0. The summed E-state index contributed by atoms with van der Waals surface area (Å²) in [5.41, 5.74) is -2.36. The van der Waals surface area contributed by atoms with Crippen LogP contribution in [-0.2, 0) is 29.4 Å². The molecule has 0 saturated heterocycles. The van der Waals surface area contributed by atoms with Crippen LogP contribution in [0, 0.1) is 0 Å². The number of hydrogen-bond acceptors (Lipinski definition) is 8. The molecule has 0 aromatic heterocycles. The molecule has 0 spiro atoms. The molecule has 3 atom stereocenters. The minimum Gasteiger partial charge on any atom is -0.497 e. The van der Waals surface area contributed by atoms with Crippen LogP contribution >= 0.6 is 0 Å². The Hall–Kier alpha value is -3.60. The molecule has 248 valence electrons. The summed E-state index contributed by atoms with van der Waals surface area (Å²) in [6.07, 6.45) is 1.59. The molecule has 0 N–H and O–H groups in total. The van der Waals surface area contributed by atoms with Crippen LogP contribution in [0.4, 0.5) is 13.2 Å². The second-order valence-corrected chi connectivity index (χ2v) is 11.2. The van der Waals surface area contributed by atoms with Gasteiger partial charge in [0.25, 0.3) is 5.60 Å². The highest BCUT2D eigenvalue weighted by Crippen LogP contribution is 2.44. The number of esters is 2. The number of methoxy groups -OCH3 is 3. The number of hydrogen-bond donors (Lipinski definition) is 0. The maximum atomic E-state index is 14.0. The topological polar surface area (TPSA) is 97.4 Å². The maximum Gasteiger partial charge on any atom is 0.432 e. The van der Waals surface area contributed by atoms with Crippen molar-refractivity contribution >= 4 is 17.7 Å². The molecule has 1 aliphatic heterocycles. The number of rotatable bonds is 19. The molecule has 0 bridgehead atoms. The summed E-state index contributed by atoms with van der Waals surface area (Å²) in [6.45, 7) is 1.47. The molecule has 8 nitrogen and oxygen atoms in total. The Balaban J connectivity index is 1.30. The van der Waals surface area contributed by atoms with E-state index in [4.69, 9.17) is 23.7 Å². The van der Waals surface area contributed by atoms with E-state index in [9.17, 15) is 27.6 Å². The number of benzene rings is 2. The van der Waals surface area contributed by atoms with Gasteiger partial charge >= 0.3 is 18.1 Å². The van der Waals surface area contributed by atoms with E-state index in [1.807, 2.05) is 6.07 Å². The lowest BCUT2D eigenvalue weighted by Gasteiger charge is -2.33. The Kier molecular flexibility index (Phi) is 13.3. The largest absolute Gasteiger partial charge is 0.497 e. The van der Waals surface area contributed by atoms with Gasteiger partial charge in [-0.15, -0.1) is 0 Å². The van der Waals surface area contributed by atoms with E-state index in [-0.39, 0.29) is 36.3 Å². The average Bonchev–Trinajstić information content (AvgIpc) is 3.33. The Labute approximate surface area is 262 Å². The van der Waals surface area contributed by atoms with E-state index >= 15 is 0 Å². The van der Waals surface area contributed by atoms with Gasteiger partial charge in [0, 0.05) is 37.1 Å². The van der Waals surface area contributed by atoms with Gasteiger partial charge in [-0.1, -0.05) is 62.4 Å². The first-order chi connectivity index (χ1) is 21.5. The van der Waals surface area contributed by atoms with Crippen molar-refractivity contribution in [3.05, 3.63) is 59.2 Å². The van der Waals surface area contributed by atoms with Crippen LogP contribution in [0.1, 0.15) is 105 Å². The highest BCUT2D eigenvalue weighted by atomic mass is 19.4. The second kappa shape index (κ2) is 16.6. The Bertz CT molecular complexity index is 1280. The first-order valence-corrected chi connectivity index (χ1v) is 15.4. The number of halogens is 3. The van der Waals surface area contributed by atoms with Gasteiger partial charge in [0.2, 0.25) is 0 Å². The molecule has 0 radical (unpaired) electrons. The number of ketones is 1. The van der Waals surface area contributed by atoms with Gasteiger partial charge in [-0.05, 0) is 38.7 Å². The number of cyclic esters (lactones) is 1. The molecule has 11 heteroatoms. The van der Waals surface area contributed by atoms with Crippen molar-refractivity contribution in [2.24, 2.45) is 0 Å². The lowest BCUT2D eigenvalue weighted by molar-refractivity contribution is -0.278. The predicted molar refractivity (Wildman–Crippen MR) is 160 cm³/mol. The van der Waals surface area contributed by atoms with Crippen LogP contribution in [0.25, 0.3) is 0 Å². The van der Waals surface area contributed by atoms with E-state index < -0.39 is 23.9 Å². The summed E-state index contributed by atoms with van der Waals surface area (Å²) in [7, 11) is 3.89. The van der Waals surface area contributed by atoms with Crippen molar-refractivity contribution in [1.82, 2.24) is 0 Å². The fourth-order valence-corrected chi connectivity index (χ4v) is 5.56. The standard InChI is InChI=1S/C34H43F3O8/c1-23(44-32(40)33(43-4,34(35,36)37)24-15-11-10-12-16-24)19-20-25(38)17-13-8-6-5-7-9-14-18-28-27-21-26(41-2)22-29(42-3)30(27)31(39)45-28/h10-12,15-16,21-23,28H,5-9,13-14,17-20H2,1-4H3/t23-,28-,33+/m1/s1. The molecular formula is C34H43F3O8. The van der Waals surface area contributed by atoms with Crippen molar-refractivity contribution in [2.75, 3.05) is 21.3 Å². The number of unbranched alkanes of at least 4 members (excludes halogenated alkanes) is 6. The summed E-state index contributed by atoms with van der Waals surface area (Å²) < 4.78 is 68.2. The number of alkyl halides is 3. The number of Topliss-reactive ketones (excluding diaryl/α,β-unsaturated/α-hetero) is 1. The van der Waals surface area contributed by atoms with Gasteiger partial charge < -0.3 is 23.7 Å². The van der Waals surface area contributed by atoms with Gasteiger partial charge in [0.15, 0.2) is 0 Å². The van der Waals surface area contributed by atoms with Gasteiger partial charge in [-0.25, -0.2) is 9.59 Å². The molecule has 3 rings (SSSR count). The van der Waals surface area contributed by atoms with Gasteiger partial charge in [0.1, 0.15) is 28.9 Å². The van der Waals surface area contributed by atoms with E-state index in [0.29, 0.717) is 29.9 Å². The van der Waals surface area contributed by atoms with Crippen molar-refractivity contribution in [2.45, 2.75) is 102 Å². The summed E-state index contributed by atoms with van der Waals surface area (Å²) in [4.78, 5) is 37.4. The van der Waals surface area contributed by atoms with E-state index in [1.54, 1.807) is 13.2 Å². The van der Waals surface area contributed by atoms with Crippen LogP contribution in [0.5, 0.6) is 11.5 Å². The van der Waals surface area contributed by atoms with E-state index in [1.165, 1.54) is 32.2 Å². The van der Waals surface area contributed by atoms with Crippen molar-refractivity contribution < 1.29 is 51.2 Å². The smallest absolute Gasteiger partial charge is 0.432 e. The number of ether oxygens (including phenoxy) is 5. The van der Waals surface area contributed by atoms with E-state index in [0.717, 1.165) is 69.8 Å². The molecule has 2 aromatic rings. The minimum absolute atomic E-state index is 0.0190. The Morgan fingerprint density at radius 3 is 2.13 bits per heavy atom. The average molecular weight is 637 g/mol. The molecule has 0 amide bonds. The predicted octanol–water partition coefficient (Wildman–Crippen LogP) is 7.81. The monoisotopic (exact) mass is 636 g/mol. The van der Waals surface area contributed by atoms with Crippen molar-refractivity contribution in [3.63, 3.8) is 0 Å². The molecule has 1 aliphatic rings. The second-order valence-electron chi connectivity index (χ2n) is 11.2. The zero-order valence-electron chi connectivity index (χ0n) is 26.4. The molecule has 0 saturated carbocycles. The molecule has 0 fully saturated rings. The van der Waals surface area contributed by atoms with Crippen molar-refractivity contribution in [1.29, 1.82) is 0 Å². The highest BCUT2D eigenvalue weighted by molar-refractivity contribution is 5.97. The lowest BCUT2D eigenvalue weighted by Crippen LogP contribution is -2.52. The Morgan fingerprint density at radius 1 is 0.889 bits per heavy atom. The summed E-state index contributed by atoms with van der Waals surface area (Å²) in [6, 6.07) is 10.1. The zero-order chi connectivity index (χ0) is 33.0. The Morgan fingerprint density at radius 2 is 1.53 bits per heavy atom. The molecular weight excluding hydrogens is 593 g/mol. The molecule has 0 unspecified atom stereocenters. The van der Waals surface area contributed by atoms with Crippen LogP contribution in [0.15, 0.2) is 42.5 Å². The molecule has 2 aromatic carbocycles. The summed E-state index contributed by atoms with van der Waals surface area (Å²) in [5, 5.41) is 0. The van der Waals surface area contributed by atoms with Gasteiger partial charge in [-0.3, -0.25) is 4.79 Å². The third-order valence-electron chi connectivity index (χ3n) is 8.10. The molecule has 45 heavy (non-hydrogen) atoms. The summed E-state index contributed by atoms with van der Waals surface area (Å²) >= 11 is 0. The zero-order valence-corrected chi connectivity index (χ0v) is 26.4. The van der Waals surface area contributed by atoms with Crippen LogP contribution in [0.3, 0.4) is 0 Å². The number of carbonyl (C=O) groups excluding carboxylic acids is 3. The van der Waals surface area contributed by atoms with Crippen LogP contribution < -0.4 is 9.47 Å². The quantitative estimate of drug-likeness (QED) is 0.114. The van der Waals surface area contributed by atoms with Crippen molar-refractivity contribution in [3.8, 4) is 11.5 Å². The SMILES string of the molecule is COc1cc(OC)c2c(c1)[C@@H](CCCCCCCCCC(=O)CC[C@@H](C)OC(=O)[C@@](OC)(c1ccccc1)C(F)(F)F)OC2=O. The fourth-order valence-electron chi connectivity index (χ4n) is 5.56. The lowest BCUT2D eigenvalue weighted by atomic mass is 9.92. The highest BCUT2D eigenvalue weighted by Gasteiger charge is 2.64. The third-order valence-corrected chi connectivity index (χ3v) is 8.10. The van der Waals surface area contributed by atoms with E-state index in [2.05, 4.69) is 0 Å². The van der Waals surface area contributed by atoms with Crippen LogP contribution in [0.2, 0.25) is 0 Å². The minimum atomic E-state index is -5.05. The number of carbonyl (C=O) groups is 3. The fraction of sp³-hybridized carbons (Fsp3) is 0.559. The number of fused-ring (bicyclic) bond motifs is 1. The third kappa shape index (κ3) is 8.99. The molecule has 0 aliphatic carbocycles.